The van der Waals surface area contributed by atoms with Gasteiger partial charge in [0.05, 0.1) is 24.9 Å². The molecule has 1 aromatic carbocycles. The molecule has 1 rings (SSSR count). The van der Waals surface area contributed by atoms with Gasteiger partial charge in [-0.2, -0.15) is 5.26 Å². The Hall–Kier alpha value is -2.13. The van der Waals surface area contributed by atoms with Crippen molar-refractivity contribution >= 4 is 5.69 Å². The number of terminal acetylenes is 1. The number of ether oxygens (including phenoxy) is 1. The van der Waals surface area contributed by atoms with Gasteiger partial charge in [0.15, 0.2) is 0 Å². The lowest BCUT2D eigenvalue weighted by Gasteiger charge is -2.18. The Kier molecular flexibility index (Phi) is 3.60. The van der Waals surface area contributed by atoms with Crippen LogP contribution < -0.4 is 9.64 Å². The first-order valence-corrected chi connectivity index (χ1v) is 4.45. The topological polar surface area (TPSA) is 36.3 Å². The van der Waals surface area contributed by atoms with E-state index in [1.54, 1.807) is 25.3 Å². The van der Waals surface area contributed by atoms with Crippen LogP contribution in [0, 0.1) is 23.7 Å². The molecule has 3 nitrogen and oxygen atoms in total. The van der Waals surface area contributed by atoms with Crippen LogP contribution in [0.3, 0.4) is 0 Å². The summed E-state index contributed by atoms with van der Waals surface area (Å²) in [7, 11) is 3.43. The van der Waals surface area contributed by atoms with E-state index in [-0.39, 0.29) is 0 Å². The molecule has 0 heterocycles. The summed E-state index contributed by atoms with van der Waals surface area (Å²) in [6.07, 6.45) is 5.22. The van der Waals surface area contributed by atoms with E-state index < -0.39 is 0 Å². The number of hydrogen-bond acceptors (Lipinski definition) is 3. The zero-order valence-electron chi connectivity index (χ0n) is 8.82. The molecular weight excluding hydrogens is 188 g/mol. The van der Waals surface area contributed by atoms with Crippen molar-refractivity contribution in [2.24, 2.45) is 0 Å². The van der Waals surface area contributed by atoms with Crippen molar-refractivity contribution in [3.63, 3.8) is 0 Å². The Morgan fingerprint density at radius 3 is 2.80 bits per heavy atom. The predicted molar refractivity (Wildman–Crippen MR) is 59.8 cm³/mol. The van der Waals surface area contributed by atoms with Gasteiger partial charge in [-0.25, -0.2) is 0 Å². The molecule has 0 saturated heterocycles. The molecule has 0 atom stereocenters. The second-order valence-electron chi connectivity index (χ2n) is 3.06. The molecule has 0 bridgehead atoms. The molecule has 0 aliphatic rings. The third kappa shape index (κ3) is 2.42. The van der Waals surface area contributed by atoms with Crippen molar-refractivity contribution < 1.29 is 4.74 Å². The Bertz CT molecular complexity index is 426. The van der Waals surface area contributed by atoms with E-state index in [0.717, 1.165) is 5.69 Å². The Labute approximate surface area is 89.9 Å². The molecule has 0 aliphatic carbocycles. The van der Waals surface area contributed by atoms with Gasteiger partial charge < -0.3 is 9.64 Å². The molecule has 0 spiro atoms. The van der Waals surface area contributed by atoms with E-state index in [1.807, 2.05) is 11.9 Å². The van der Waals surface area contributed by atoms with Gasteiger partial charge in [0.2, 0.25) is 0 Å². The SMILES string of the molecule is C#CCN(C)c1cc(OC)ccc1C#N. The van der Waals surface area contributed by atoms with Gasteiger partial charge in [0.25, 0.3) is 0 Å². The van der Waals surface area contributed by atoms with Gasteiger partial charge in [-0.05, 0) is 12.1 Å². The van der Waals surface area contributed by atoms with E-state index in [9.17, 15) is 0 Å². The van der Waals surface area contributed by atoms with Gasteiger partial charge in [-0.1, -0.05) is 5.92 Å². The quantitative estimate of drug-likeness (QED) is 0.696. The number of rotatable bonds is 3. The van der Waals surface area contributed by atoms with Gasteiger partial charge in [0, 0.05) is 13.1 Å². The lowest BCUT2D eigenvalue weighted by molar-refractivity contribution is 0.415. The molecule has 0 N–H and O–H groups in total. The highest BCUT2D eigenvalue weighted by Crippen LogP contribution is 2.24. The standard InChI is InChI=1S/C12H12N2O/c1-4-7-14(2)12-8-11(15-3)6-5-10(12)9-13/h1,5-6,8H,7H2,2-3H3. The molecule has 3 heteroatoms. The third-order valence-electron chi connectivity index (χ3n) is 2.07. The molecular formula is C12H12N2O. The molecule has 0 amide bonds. The summed E-state index contributed by atoms with van der Waals surface area (Å²) in [5.41, 5.74) is 1.38. The summed E-state index contributed by atoms with van der Waals surface area (Å²) < 4.78 is 5.09. The molecule has 15 heavy (non-hydrogen) atoms. The number of methoxy groups -OCH3 is 1. The molecule has 0 fully saturated rings. The zero-order chi connectivity index (χ0) is 11.3. The number of nitriles is 1. The largest absolute Gasteiger partial charge is 0.497 e. The van der Waals surface area contributed by atoms with Crippen molar-refractivity contribution in [1.29, 1.82) is 5.26 Å². The molecule has 0 unspecified atom stereocenters. The van der Waals surface area contributed by atoms with Gasteiger partial charge in [-0.15, -0.1) is 6.42 Å². The Morgan fingerprint density at radius 1 is 1.53 bits per heavy atom. The van der Waals surface area contributed by atoms with Crippen molar-refractivity contribution in [3.8, 4) is 24.2 Å². The Balaban J connectivity index is 3.13. The highest BCUT2D eigenvalue weighted by molar-refractivity contribution is 5.62. The van der Waals surface area contributed by atoms with Crippen LogP contribution >= 0.6 is 0 Å². The van der Waals surface area contributed by atoms with Gasteiger partial charge >= 0.3 is 0 Å². The highest BCUT2D eigenvalue weighted by atomic mass is 16.5. The maximum atomic E-state index is 8.93. The number of nitrogens with zero attached hydrogens (tertiary/aromatic N) is 2. The van der Waals surface area contributed by atoms with Crippen LogP contribution in [0.4, 0.5) is 5.69 Å². The minimum atomic E-state index is 0.460. The molecule has 0 radical (unpaired) electrons. The van der Waals surface area contributed by atoms with Gasteiger partial charge in [0.1, 0.15) is 11.8 Å². The number of benzene rings is 1. The van der Waals surface area contributed by atoms with Gasteiger partial charge in [-0.3, -0.25) is 0 Å². The van der Waals surface area contributed by atoms with Crippen LogP contribution in [0.15, 0.2) is 18.2 Å². The average molecular weight is 200 g/mol. The summed E-state index contributed by atoms with van der Waals surface area (Å²) >= 11 is 0. The van der Waals surface area contributed by atoms with Crippen molar-refractivity contribution in [2.45, 2.75) is 0 Å². The van der Waals surface area contributed by atoms with E-state index >= 15 is 0 Å². The fourth-order valence-corrected chi connectivity index (χ4v) is 1.27. The number of anilines is 1. The monoisotopic (exact) mass is 200 g/mol. The highest BCUT2D eigenvalue weighted by Gasteiger charge is 2.07. The molecule has 0 aromatic heterocycles. The minimum Gasteiger partial charge on any atom is -0.497 e. The first-order valence-electron chi connectivity index (χ1n) is 4.45. The average Bonchev–Trinajstić information content (AvgIpc) is 2.28. The summed E-state index contributed by atoms with van der Waals surface area (Å²) in [4.78, 5) is 1.83. The number of hydrogen-bond donors (Lipinski definition) is 0. The van der Waals surface area contributed by atoms with Crippen LogP contribution in [0.25, 0.3) is 0 Å². The smallest absolute Gasteiger partial charge is 0.121 e. The van der Waals surface area contributed by atoms with E-state index in [1.165, 1.54) is 0 Å². The second kappa shape index (κ2) is 4.93. The van der Waals surface area contributed by atoms with E-state index in [4.69, 9.17) is 16.4 Å². The normalized spacial score (nSPS) is 8.80. The third-order valence-corrected chi connectivity index (χ3v) is 2.07. The Morgan fingerprint density at radius 2 is 2.27 bits per heavy atom. The first kappa shape index (κ1) is 10.9. The molecule has 0 saturated carbocycles. The van der Waals surface area contributed by atoms with E-state index in [2.05, 4.69) is 12.0 Å². The van der Waals surface area contributed by atoms with Crippen LogP contribution in [0.2, 0.25) is 0 Å². The minimum absolute atomic E-state index is 0.460. The fourth-order valence-electron chi connectivity index (χ4n) is 1.27. The summed E-state index contributed by atoms with van der Waals surface area (Å²) in [5, 5.41) is 8.93. The summed E-state index contributed by atoms with van der Waals surface area (Å²) in [6, 6.07) is 7.40. The van der Waals surface area contributed by atoms with Crippen LogP contribution in [0.1, 0.15) is 5.56 Å². The van der Waals surface area contributed by atoms with Crippen molar-refractivity contribution in [2.75, 3.05) is 25.6 Å². The lowest BCUT2D eigenvalue weighted by Crippen LogP contribution is -2.18. The van der Waals surface area contributed by atoms with Crippen LogP contribution in [-0.2, 0) is 0 Å². The van der Waals surface area contributed by atoms with Crippen LogP contribution in [-0.4, -0.2) is 20.7 Å². The van der Waals surface area contributed by atoms with Crippen molar-refractivity contribution in [3.05, 3.63) is 23.8 Å². The summed E-state index contributed by atoms with van der Waals surface area (Å²) in [6.45, 7) is 0.460. The molecule has 1 aromatic rings. The predicted octanol–water partition coefficient (Wildman–Crippen LogP) is 1.64. The van der Waals surface area contributed by atoms with Crippen LogP contribution in [0.5, 0.6) is 5.75 Å². The second-order valence-corrected chi connectivity index (χ2v) is 3.06. The first-order chi connectivity index (χ1) is 7.22. The zero-order valence-corrected chi connectivity index (χ0v) is 8.82. The fraction of sp³-hybridized carbons (Fsp3) is 0.250. The van der Waals surface area contributed by atoms with E-state index in [0.29, 0.717) is 17.9 Å². The maximum absolute atomic E-state index is 8.93. The molecule has 0 aliphatic heterocycles. The lowest BCUT2D eigenvalue weighted by atomic mass is 10.1. The van der Waals surface area contributed by atoms with Crippen molar-refractivity contribution in [1.82, 2.24) is 0 Å². The maximum Gasteiger partial charge on any atom is 0.121 e. The summed E-state index contributed by atoms with van der Waals surface area (Å²) in [5.74, 6) is 3.25. The molecule has 76 valence electrons.